The van der Waals surface area contributed by atoms with Crippen LogP contribution in [0.4, 0.5) is 18.9 Å². The van der Waals surface area contributed by atoms with Crippen molar-refractivity contribution >= 4 is 17.5 Å². The Balaban J connectivity index is 1.92. The molecule has 0 aliphatic rings. The molecule has 7 heteroatoms. The number of anilines is 1. The highest BCUT2D eigenvalue weighted by molar-refractivity contribution is 5.97. The molecule has 2 aromatic carbocycles. The summed E-state index contributed by atoms with van der Waals surface area (Å²) >= 11 is 0. The molecule has 0 saturated heterocycles. The summed E-state index contributed by atoms with van der Waals surface area (Å²) in [5.41, 5.74) is 0.00198. The molecule has 2 amide bonds. The molecular weight excluding hydrogens is 333 g/mol. The van der Waals surface area contributed by atoms with Crippen LogP contribution < -0.4 is 10.6 Å². The van der Waals surface area contributed by atoms with Gasteiger partial charge in [-0.25, -0.2) is 0 Å². The molecule has 0 saturated carbocycles. The predicted octanol–water partition coefficient (Wildman–Crippen LogP) is 3.39. The van der Waals surface area contributed by atoms with E-state index in [9.17, 15) is 22.8 Å². The molecule has 0 radical (unpaired) electrons. The van der Waals surface area contributed by atoms with Crippen LogP contribution in [0.25, 0.3) is 0 Å². The van der Waals surface area contributed by atoms with Gasteiger partial charge in [0.15, 0.2) is 0 Å². The Bertz CT molecular complexity index is 745. The second kappa shape index (κ2) is 7.83. The molecule has 4 nitrogen and oxygen atoms in total. The van der Waals surface area contributed by atoms with Gasteiger partial charge in [-0.05, 0) is 30.7 Å². The summed E-state index contributed by atoms with van der Waals surface area (Å²) in [6.07, 6.45) is -4.71. The average molecular weight is 350 g/mol. The van der Waals surface area contributed by atoms with Crippen molar-refractivity contribution in [3.05, 3.63) is 65.7 Å². The molecule has 2 rings (SSSR count). The van der Waals surface area contributed by atoms with Crippen molar-refractivity contribution in [3.63, 3.8) is 0 Å². The standard InChI is InChI=1S/C18H17F3N2O2/c1-12(17(25)23-15-8-3-2-4-9-15)22-16(24)11-13-6-5-7-14(10-13)18(19,20)21/h2-10,12H,11H2,1H3,(H,22,24)(H,23,25). The lowest BCUT2D eigenvalue weighted by Crippen LogP contribution is -2.42. The van der Waals surface area contributed by atoms with Crippen LogP contribution in [0.3, 0.4) is 0 Å². The van der Waals surface area contributed by atoms with Crippen molar-refractivity contribution in [3.8, 4) is 0 Å². The molecule has 1 atom stereocenters. The fourth-order valence-electron chi connectivity index (χ4n) is 2.17. The van der Waals surface area contributed by atoms with Crippen molar-refractivity contribution in [2.45, 2.75) is 25.6 Å². The third kappa shape index (κ3) is 5.63. The Kier molecular flexibility index (Phi) is 5.80. The Morgan fingerprint density at radius 3 is 2.36 bits per heavy atom. The Morgan fingerprint density at radius 1 is 1.04 bits per heavy atom. The van der Waals surface area contributed by atoms with Gasteiger partial charge in [0, 0.05) is 5.69 Å². The van der Waals surface area contributed by atoms with E-state index in [0.29, 0.717) is 5.69 Å². The number of halogens is 3. The first-order chi connectivity index (χ1) is 11.8. The topological polar surface area (TPSA) is 58.2 Å². The largest absolute Gasteiger partial charge is 0.416 e. The van der Waals surface area contributed by atoms with Gasteiger partial charge in [-0.3, -0.25) is 9.59 Å². The maximum atomic E-state index is 12.7. The van der Waals surface area contributed by atoms with Gasteiger partial charge in [-0.15, -0.1) is 0 Å². The molecule has 0 bridgehead atoms. The molecule has 0 aliphatic heterocycles. The van der Waals surface area contributed by atoms with E-state index in [1.54, 1.807) is 30.3 Å². The summed E-state index contributed by atoms with van der Waals surface area (Å²) in [7, 11) is 0. The van der Waals surface area contributed by atoms with E-state index < -0.39 is 29.6 Å². The van der Waals surface area contributed by atoms with E-state index in [4.69, 9.17) is 0 Å². The maximum absolute atomic E-state index is 12.7. The lowest BCUT2D eigenvalue weighted by atomic mass is 10.1. The van der Waals surface area contributed by atoms with Crippen LogP contribution in [-0.4, -0.2) is 17.9 Å². The van der Waals surface area contributed by atoms with Gasteiger partial charge in [0.1, 0.15) is 6.04 Å². The van der Waals surface area contributed by atoms with Gasteiger partial charge >= 0.3 is 6.18 Å². The summed E-state index contributed by atoms with van der Waals surface area (Å²) in [5, 5.41) is 5.11. The highest BCUT2D eigenvalue weighted by Gasteiger charge is 2.30. The number of alkyl halides is 3. The number of hydrogen-bond donors (Lipinski definition) is 2. The zero-order valence-corrected chi connectivity index (χ0v) is 13.4. The lowest BCUT2D eigenvalue weighted by Gasteiger charge is -2.14. The molecule has 0 spiro atoms. The summed E-state index contributed by atoms with van der Waals surface area (Å²) in [6, 6.07) is 12.4. The normalized spacial score (nSPS) is 12.3. The van der Waals surface area contributed by atoms with E-state index in [1.807, 2.05) is 0 Å². The fourth-order valence-corrected chi connectivity index (χ4v) is 2.17. The minimum atomic E-state index is -4.46. The number of nitrogens with one attached hydrogen (secondary N) is 2. The number of carbonyl (C=O) groups is 2. The van der Waals surface area contributed by atoms with E-state index in [0.717, 1.165) is 12.1 Å². The quantitative estimate of drug-likeness (QED) is 0.868. The molecule has 2 aromatic rings. The second-order valence-corrected chi connectivity index (χ2v) is 5.52. The van der Waals surface area contributed by atoms with E-state index >= 15 is 0 Å². The molecule has 132 valence electrons. The first kappa shape index (κ1) is 18.5. The van der Waals surface area contributed by atoms with Gasteiger partial charge in [0.2, 0.25) is 11.8 Å². The van der Waals surface area contributed by atoms with Gasteiger partial charge in [0.25, 0.3) is 0 Å². The molecule has 0 aliphatic carbocycles. The molecule has 0 aromatic heterocycles. The van der Waals surface area contributed by atoms with Crippen molar-refractivity contribution < 1.29 is 22.8 Å². The van der Waals surface area contributed by atoms with Crippen molar-refractivity contribution in [1.29, 1.82) is 0 Å². The third-order valence-electron chi connectivity index (χ3n) is 3.43. The monoisotopic (exact) mass is 350 g/mol. The van der Waals surface area contributed by atoms with Crippen LogP contribution in [0.15, 0.2) is 54.6 Å². The van der Waals surface area contributed by atoms with Crippen LogP contribution in [0.2, 0.25) is 0 Å². The number of para-hydroxylation sites is 1. The number of rotatable bonds is 5. The fraction of sp³-hybridized carbons (Fsp3) is 0.222. The summed E-state index contributed by atoms with van der Waals surface area (Å²) in [5.74, 6) is -0.946. The van der Waals surface area contributed by atoms with Crippen LogP contribution in [0, 0.1) is 0 Å². The number of benzene rings is 2. The minimum absolute atomic E-state index is 0.225. The minimum Gasteiger partial charge on any atom is -0.344 e. The third-order valence-corrected chi connectivity index (χ3v) is 3.43. The Labute approximate surface area is 143 Å². The first-order valence-electron chi connectivity index (χ1n) is 7.57. The molecule has 25 heavy (non-hydrogen) atoms. The number of amides is 2. The van der Waals surface area contributed by atoms with Gasteiger partial charge in [-0.1, -0.05) is 36.4 Å². The van der Waals surface area contributed by atoms with Crippen LogP contribution in [-0.2, 0) is 22.2 Å². The van der Waals surface area contributed by atoms with Crippen molar-refractivity contribution in [2.75, 3.05) is 5.32 Å². The number of carbonyl (C=O) groups excluding carboxylic acids is 2. The maximum Gasteiger partial charge on any atom is 0.416 e. The predicted molar refractivity (Wildman–Crippen MR) is 87.8 cm³/mol. The molecule has 0 fully saturated rings. The summed E-state index contributed by atoms with van der Waals surface area (Å²) in [6.45, 7) is 1.50. The first-order valence-corrected chi connectivity index (χ1v) is 7.57. The number of hydrogen-bond acceptors (Lipinski definition) is 2. The smallest absolute Gasteiger partial charge is 0.344 e. The zero-order chi connectivity index (χ0) is 18.4. The van der Waals surface area contributed by atoms with Gasteiger partial charge in [0.05, 0.1) is 12.0 Å². The van der Waals surface area contributed by atoms with Gasteiger partial charge in [-0.2, -0.15) is 13.2 Å². The molecule has 1 unspecified atom stereocenters. The SMILES string of the molecule is CC(NC(=O)Cc1cccc(C(F)(F)F)c1)C(=O)Nc1ccccc1. The van der Waals surface area contributed by atoms with Gasteiger partial charge < -0.3 is 10.6 Å². The average Bonchev–Trinajstić information content (AvgIpc) is 2.55. The zero-order valence-electron chi connectivity index (χ0n) is 13.4. The van der Waals surface area contributed by atoms with Crippen molar-refractivity contribution in [2.24, 2.45) is 0 Å². The molecule has 2 N–H and O–H groups in total. The van der Waals surface area contributed by atoms with E-state index in [1.165, 1.54) is 19.1 Å². The Hall–Kier alpha value is -2.83. The van der Waals surface area contributed by atoms with Crippen LogP contribution in [0.1, 0.15) is 18.1 Å². The highest BCUT2D eigenvalue weighted by atomic mass is 19.4. The molecule has 0 heterocycles. The van der Waals surface area contributed by atoms with E-state index in [-0.39, 0.29) is 12.0 Å². The molecular formula is C18H17F3N2O2. The van der Waals surface area contributed by atoms with Crippen LogP contribution >= 0.6 is 0 Å². The lowest BCUT2D eigenvalue weighted by molar-refractivity contribution is -0.137. The van der Waals surface area contributed by atoms with Crippen LogP contribution in [0.5, 0.6) is 0 Å². The summed E-state index contributed by atoms with van der Waals surface area (Å²) < 4.78 is 38.0. The Morgan fingerprint density at radius 2 is 1.72 bits per heavy atom. The van der Waals surface area contributed by atoms with Crippen molar-refractivity contribution in [1.82, 2.24) is 5.32 Å². The van der Waals surface area contributed by atoms with E-state index in [2.05, 4.69) is 10.6 Å². The highest BCUT2D eigenvalue weighted by Crippen LogP contribution is 2.29. The summed E-state index contributed by atoms with van der Waals surface area (Å²) in [4.78, 5) is 24.0. The second-order valence-electron chi connectivity index (χ2n) is 5.52.